The first-order valence-corrected chi connectivity index (χ1v) is 7.45. The summed E-state index contributed by atoms with van der Waals surface area (Å²) in [6.45, 7) is 5.01. The van der Waals surface area contributed by atoms with Crippen molar-refractivity contribution >= 4 is 11.0 Å². The van der Waals surface area contributed by atoms with E-state index in [2.05, 4.69) is 17.0 Å². The second-order valence-electron chi connectivity index (χ2n) is 5.28. The van der Waals surface area contributed by atoms with E-state index in [1.165, 1.54) is 0 Å². The molecule has 1 unspecified atom stereocenters. The van der Waals surface area contributed by atoms with Crippen LogP contribution in [0.25, 0.3) is 16.7 Å². The van der Waals surface area contributed by atoms with Crippen LogP contribution in [0.3, 0.4) is 0 Å². The maximum atomic E-state index is 10.1. The zero-order chi connectivity index (χ0) is 15.5. The fourth-order valence-electron chi connectivity index (χ4n) is 2.46. The van der Waals surface area contributed by atoms with Gasteiger partial charge in [0, 0.05) is 24.6 Å². The van der Waals surface area contributed by atoms with Gasteiger partial charge in [-0.2, -0.15) is 5.10 Å². The van der Waals surface area contributed by atoms with Gasteiger partial charge in [-0.1, -0.05) is 6.92 Å². The summed E-state index contributed by atoms with van der Waals surface area (Å²) < 4.78 is 9.27. The zero-order valence-electron chi connectivity index (χ0n) is 12.8. The molecule has 0 amide bonds. The summed E-state index contributed by atoms with van der Waals surface area (Å²) in [7, 11) is 0. The summed E-state index contributed by atoms with van der Waals surface area (Å²) in [5.74, 6) is 0. The molecule has 3 aromatic rings. The molecule has 1 aromatic carbocycles. The minimum absolute atomic E-state index is 0.463. The number of ether oxygens (including phenoxy) is 1. The monoisotopic (exact) mass is 300 g/mol. The van der Waals surface area contributed by atoms with E-state index in [-0.39, 0.29) is 0 Å². The second-order valence-corrected chi connectivity index (χ2v) is 5.28. The lowest BCUT2D eigenvalue weighted by Gasteiger charge is -2.13. The van der Waals surface area contributed by atoms with E-state index in [0.717, 1.165) is 28.7 Å². The van der Waals surface area contributed by atoms with Gasteiger partial charge in [-0.15, -0.1) is 0 Å². The van der Waals surface area contributed by atoms with Crippen molar-refractivity contribution < 1.29 is 9.84 Å². The Morgan fingerprint density at radius 3 is 2.91 bits per heavy atom. The number of imidazole rings is 1. The fraction of sp³-hybridized carbons (Fsp3) is 0.375. The molecule has 0 radical (unpaired) electrons. The van der Waals surface area contributed by atoms with Gasteiger partial charge in [0.15, 0.2) is 0 Å². The van der Waals surface area contributed by atoms with Gasteiger partial charge in [0.05, 0.1) is 29.2 Å². The topological polar surface area (TPSA) is 65.1 Å². The van der Waals surface area contributed by atoms with Crippen molar-refractivity contribution in [2.24, 2.45) is 0 Å². The highest BCUT2D eigenvalue weighted by atomic mass is 16.5. The molecule has 1 N–H and O–H groups in total. The molecule has 0 fully saturated rings. The number of hydrogen-bond acceptors (Lipinski definition) is 4. The van der Waals surface area contributed by atoms with Gasteiger partial charge in [0.1, 0.15) is 6.73 Å². The molecule has 0 saturated carbocycles. The lowest BCUT2D eigenvalue weighted by molar-refractivity contribution is 0.0800. The lowest BCUT2D eigenvalue weighted by atomic mass is 10.1. The summed E-state index contributed by atoms with van der Waals surface area (Å²) in [6.07, 6.45) is 5.72. The van der Waals surface area contributed by atoms with Gasteiger partial charge in [-0.05, 0) is 31.5 Å². The van der Waals surface area contributed by atoms with Crippen LogP contribution < -0.4 is 0 Å². The summed E-state index contributed by atoms with van der Waals surface area (Å²) in [6, 6.07) is 5.76. The van der Waals surface area contributed by atoms with Crippen molar-refractivity contribution in [3.63, 3.8) is 0 Å². The van der Waals surface area contributed by atoms with Crippen LogP contribution in [0, 0.1) is 0 Å². The maximum absolute atomic E-state index is 10.1. The van der Waals surface area contributed by atoms with E-state index < -0.39 is 6.10 Å². The van der Waals surface area contributed by atoms with E-state index in [1.54, 1.807) is 24.1 Å². The second kappa shape index (κ2) is 6.29. The molecule has 0 spiro atoms. The Balaban J connectivity index is 2.05. The SMILES string of the molecule is CCCOCn1cnc2cc(-n3cccn3)c(C(C)O)cc21. The fourth-order valence-corrected chi connectivity index (χ4v) is 2.46. The number of rotatable bonds is 6. The molecule has 2 aromatic heterocycles. The van der Waals surface area contributed by atoms with Crippen molar-refractivity contribution in [3.05, 3.63) is 42.5 Å². The molecular weight excluding hydrogens is 280 g/mol. The van der Waals surface area contributed by atoms with E-state index in [9.17, 15) is 5.11 Å². The highest BCUT2D eigenvalue weighted by Crippen LogP contribution is 2.27. The average Bonchev–Trinajstić information content (AvgIpc) is 3.15. The van der Waals surface area contributed by atoms with Crippen LogP contribution in [0.5, 0.6) is 0 Å². The molecule has 0 aliphatic carbocycles. The lowest BCUT2D eigenvalue weighted by Crippen LogP contribution is -2.05. The first-order chi connectivity index (χ1) is 10.7. The molecule has 6 nitrogen and oxygen atoms in total. The molecule has 116 valence electrons. The highest BCUT2D eigenvalue weighted by molar-refractivity contribution is 5.79. The summed E-state index contributed by atoms with van der Waals surface area (Å²) in [5, 5.41) is 14.4. The Labute approximate surface area is 129 Å². The predicted molar refractivity (Wildman–Crippen MR) is 83.7 cm³/mol. The molecule has 0 saturated heterocycles. The van der Waals surface area contributed by atoms with Crippen LogP contribution in [0.1, 0.15) is 31.9 Å². The van der Waals surface area contributed by atoms with Crippen LogP contribution in [-0.4, -0.2) is 31.0 Å². The molecule has 1 atom stereocenters. The molecule has 6 heteroatoms. The zero-order valence-corrected chi connectivity index (χ0v) is 12.8. The normalized spacial score (nSPS) is 12.9. The molecule has 22 heavy (non-hydrogen) atoms. The molecule has 3 rings (SSSR count). The van der Waals surface area contributed by atoms with Crippen LogP contribution in [0.2, 0.25) is 0 Å². The molecule has 0 aliphatic rings. The summed E-state index contributed by atoms with van der Waals surface area (Å²) in [5.41, 5.74) is 3.46. The van der Waals surface area contributed by atoms with Gasteiger partial charge < -0.3 is 14.4 Å². The first kappa shape index (κ1) is 14.7. The van der Waals surface area contributed by atoms with Crippen LogP contribution >= 0.6 is 0 Å². The summed E-state index contributed by atoms with van der Waals surface area (Å²) >= 11 is 0. The van der Waals surface area contributed by atoms with Gasteiger partial charge in [0.2, 0.25) is 0 Å². The minimum Gasteiger partial charge on any atom is -0.389 e. The highest BCUT2D eigenvalue weighted by Gasteiger charge is 2.14. The Hall–Kier alpha value is -2.18. The van der Waals surface area contributed by atoms with Crippen molar-refractivity contribution in [1.82, 2.24) is 19.3 Å². The molecular formula is C16H20N4O2. The van der Waals surface area contributed by atoms with E-state index in [0.29, 0.717) is 13.3 Å². The number of fused-ring (bicyclic) bond motifs is 1. The van der Waals surface area contributed by atoms with Crippen LogP contribution in [-0.2, 0) is 11.5 Å². The van der Waals surface area contributed by atoms with Crippen molar-refractivity contribution in [2.45, 2.75) is 33.1 Å². The largest absolute Gasteiger partial charge is 0.389 e. The number of nitrogens with zero attached hydrogens (tertiary/aromatic N) is 4. The van der Waals surface area contributed by atoms with Crippen molar-refractivity contribution in [2.75, 3.05) is 6.61 Å². The Bertz CT molecular complexity index is 747. The van der Waals surface area contributed by atoms with Crippen LogP contribution in [0.15, 0.2) is 36.9 Å². The minimum atomic E-state index is -0.594. The Morgan fingerprint density at radius 2 is 2.23 bits per heavy atom. The smallest absolute Gasteiger partial charge is 0.124 e. The van der Waals surface area contributed by atoms with E-state index in [4.69, 9.17) is 4.74 Å². The van der Waals surface area contributed by atoms with Crippen molar-refractivity contribution in [1.29, 1.82) is 0 Å². The third-order valence-electron chi connectivity index (χ3n) is 3.55. The number of aromatic nitrogens is 4. The molecule has 0 bridgehead atoms. The van der Waals surface area contributed by atoms with Gasteiger partial charge in [-0.25, -0.2) is 9.67 Å². The van der Waals surface area contributed by atoms with E-state index >= 15 is 0 Å². The molecule has 0 aliphatic heterocycles. The Kier molecular flexibility index (Phi) is 4.22. The van der Waals surface area contributed by atoms with Gasteiger partial charge in [0.25, 0.3) is 0 Å². The predicted octanol–water partition coefficient (Wildman–Crippen LogP) is 2.66. The van der Waals surface area contributed by atoms with Gasteiger partial charge >= 0.3 is 0 Å². The van der Waals surface area contributed by atoms with Crippen LogP contribution in [0.4, 0.5) is 0 Å². The summed E-state index contributed by atoms with van der Waals surface area (Å²) in [4.78, 5) is 4.43. The quantitative estimate of drug-likeness (QED) is 0.711. The number of aliphatic hydroxyl groups is 1. The van der Waals surface area contributed by atoms with Gasteiger partial charge in [-0.3, -0.25) is 0 Å². The third kappa shape index (κ3) is 2.75. The Morgan fingerprint density at radius 1 is 1.36 bits per heavy atom. The number of aliphatic hydroxyl groups excluding tert-OH is 1. The van der Waals surface area contributed by atoms with E-state index in [1.807, 2.05) is 29.0 Å². The number of benzene rings is 1. The first-order valence-electron chi connectivity index (χ1n) is 7.45. The number of hydrogen-bond donors (Lipinski definition) is 1. The molecule has 2 heterocycles. The third-order valence-corrected chi connectivity index (χ3v) is 3.55. The standard InChI is InChI=1S/C16H20N4O2/c1-3-7-22-11-19-10-17-14-9-15(20-6-4-5-18-20)13(12(2)21)8-16(14)19/h4-6,8-10,12,21H,3,7,11H2,1-2H3. The maximum Gasteiger partial charge on any atom is 0.124 e. The van der Waals surface area contributed by atoms with Crippen molar-refractivity contribution in [3.8, 4) is 5.69 Å². The average molecular weight is 300 g/mol.